The number of carbonyl (C=O) groups excluding carboxylic acids is 1. The van der Waals surface area contributed by atoms with Gasteiger partial charge in [-0.05, 0) is 42.5 Å². The van der Waals surface area contributed by atoms with E-state index in [-0.39, 0.29) is 10.5 Å². The van der Waals surface area contributed by atoms with Crippen molar-refractivity contribution in [2.75, 3.05) is 31.4 Å². The standard InChI is InChI=1S/C22H21ClN2O6S/c1-29-16-9-7-15(8-10-16)25-32(27,28)17-6-4-5-14(11-17)22(26)24-19-13-20(30-2)18(23)12-21(19)31-3/h4-13,25H,1-3H3,(H,24,26). The molecule has 0 aliphatic heterocycles. The van der Waals surface area contributed by atoms with Crippen molar-refractivity contribution in [3.8, 4) is 17.2 Å². The Kier molecular flexibility index (Phi) is 7.12. The highest BCUT2D eigenvalue weighted by Gasteiger charge is 2.18. The van der Waals surface area contributed by atoms with Crippen LogP contribution in [0.4, 0.5) is 11.4 Å². The minimum absolute atomic E-state index is 0.0679. The third kappa shape index (κ3) is 5.24. The van der Waals surface area contributed by atoms with Crippen LogP contribution in [0.5, 0.6) is 17.2 Å². The quantitative estimate of drug-likeness (QED) is 0.499. The summed E-state index contributed by atoms with van der Waals surface area (Å²) in [7, 11) is 0.480. The molecule has 3 rings (SSSR count). The van der Waals surface area contributed by atoms with Crippen LogP contribution in [0.1, 0.15) is 10.4 Å². The van der Waals surface area contributed by atoms with Gasteiger partial charge in [0.15, 0.2) is 0 Å². The molecule has 0 aliphatic carbocycles. The third-order valence-corrected chi connectivity index (χ3v) is 6.15. The molecule has 0 bridgehead atoms. The maximum atomic E-state index is 12.8. The van der Waals surface area contributed by atoms with E-state index in [4.69, 9.17) is 25.8 Å². The molecule has 0 saturated carbocycles. The average molecular weight is 477 g/mol. The number of rotatable bonds is 8. The van der Waals surface area contributed by atoms with Crippen molar-refractivity contribution in [3.63, 3.8) is 0 Å². The SMILES string of the molecule is COc1ccc(NS(=O)(=O)c2cccc(C(=O)Nc3cc(OC)c(Cl)cc3OC)c2)cc1. The van der Waals surface area contributed by atoms with Crippen molar-refractivity contribution in [2.24, 2.45) is 0 Å². The summed E-state index contributed by atoms with van der Waals surface area (Å²) < 4.78 is 43.5. The monoisotopic (exact) mass is 476 g/mol. The Morgan fingerprint density at radius 3 is 2.19 bits per heavy atom. The summed E-state index contributed by atoms with van der Waals surface area (Å²) >= 11 is 6.09. The van der Waals surface area contributed by atoms with Crippen molar-refractivity contribution in [2.45, 2.75) is 4.90 Å². The molecule has 0 aromatic heterocycles. The van der Waals surface area contributed by atoms with Gasteiger partial charge >= 0.3 is 0 Å². The first-order chi connectivity index (χ1) is 15.3. The second kappa shape index (κ2) is 9.80. The van der Waals surface area contributed by atoms with Gasteiger partial charge in [-0.3, -0.25) is 9.52 Å². The molecule has 2 N–H and O–H groups in total. The first-order valence-corrected chi connectivity index (χ1v) is 11.1. The first-order valence-electron chi connectivity index (χ1n) is 9.27. The van der Waals surface area contributed by atoms with E-state index in [0.717, 1.165) is 0 Å². The van der Waals surface area contributed by atoms with Gasteiger partial charge in [-0.1, -0.05) is 17.7 Å². The van der Waals surface area contributed by atoms with Crippen LogP contribution in [0.3, 0.4) is 0 Å². The molecule has 0 spiro atoms. The zero-order valence-electron chi connectivity index (χ0n) is 17.5. The Hall–Kier alpha value is -3.43. The van der Waals surface area contributed by atoms with Gasteiger partial charge in [0, 0.05) is 23.4 Å². The van der Waals surface area contributed by atoms with Crippen molar-refractivity contribution in [3.05, 3.63) is 71.2 Å². The highest BCUT2D eigenvalue weighted by molar-refractivity contribution is 7.92. The molecule has 10 heteroatoms. The van der Waals surface area contributed by atoms with E-state index in [2.05, 4.69) is 10.0 Å². The number of carbonyl (C=O) groups is 1. The number of anilines is 2. The highest BCUT2D eigenvalue weighted by atomic mass is 35.5. The van der Waals surface area contributed by atoms with Crippen LogP contribution in [0.2, 0.25) is 5.02 Å². The molecule has 3 aromatic carbocycles. The van der Waals surface area contributed by atoms with Crippen molar-refractivity contribution in [1.82, 2.24) is 0 Å². The highest BCUT2D eigenvalue weighted by Crippen LogP contribution is 2.36. The zero-order valence-corrected chi connectivity index (χ0v) is 19.1. The summed E-state index contributed by atoms with van der Waals surface area (Å²) in [6, 6.07) is 15.1. The molecule has 0 heterocycles. The van der Waals surface area contributed by atoms with Crippen LogP contribution >= 0.6 is 11.6 Å². The predicted octanol–water partition coefficient (Wildman–Crippen LogP) is 4.42. The van der Waals surface area contributed by atoms with Gasteiger partial charge in [-0.15, -0.1) is 0 Å². The van der Waals surface area contributed by atoms with E-state index in [0.29, 0.717) is 33.6 Å². The van der Waals surface area contributed by atoms with Crippen LogP contribution in [-0.4, -0.2) is 35.7 Å². The van der Waals surface area contributed by atoms with Gasteiger partial charge in [-0.2, -0.15) is 0 Å². The number of amides is 1. The van der Waals surface area contributed by atoms with Crippen molar-refractivity contribution in [1.29, 1.82) is 0 Å². The molecule has 0 saturated heterocycles. The fraction of sp³-hybridized carbons (Fsp3) is 0.136. The van der Waals surface area contributed by atoms with Gasteiger partial charge in [0.2, 0.25) is 0 Å². The van der Waals surface area contributed by atoms with Crippen LogP contribution in [0.15, 0.2) is 65.6 Å². The van der Waals surface area contributed by atoms with Crippen LogP contribution in [0, 0.1) is 0 Å². The van der Waals surface area contributed by atoms with Crippen LogP contribution in [0.25, 0.3) is 0 Å². The maximum Gasteiger partial charge on any atom is 0.261 e. The van der Waals surface area contributed by atoms with E-state index in [1.807, 2.05) is 0 Å². The summed E-state index contributed by atoms with van der Waals surface area (Å²) in [5.74, 6) is 0.743. The van der Waals surface area contributed by atoms with Gasteiger partial charge in [0.05, 0.1) is 36.9 Å². The minimum atomic E-state index is -3.92. The zero-order chi connectivity index (χ0) is 23.3. The number of hydrogen-bond donors (Lipinski definition) is 2. The molecule has 0 aliphatic rings. The molecule has 0 atom stereocenters. The summed E-state index contributed by atoms with van der Waals surface area (Å²) in [4.78, 5) is 12.7. The summed E-state index contributed by atoms with van der Waals surface area (Å²) in [6.07, 6.45) is 0. The number of hydrogen-bond acceptors (Lipinski definition) is 6. The largest absolute Gasteiger partial charge is 0.497 e. The number of benzene rings is 3. The lowest BCUT2D eigenvalue weighted by molar-refractivity contribution is 0.102. The van der Waals surface area contributed by atoms with Crippen molar-refractivity contribution >= 4 is 38.9 Å². The van der Waals surface area contributed by atoms with E-state index in [1.54, 1.807) is 24.3 Å². The van der Waals surface area contributed by atoms with E-state index in [9.17, 15) is 13.2 Å². The predicted molar refractivity (Wildman–Crippen MR) is 123 cm³/mol. The summed E-state index contributed by atoms with van der Waals surface area (Å²) in [6.45, 7) is 0. The van der Waals surface area contributed by atoms with E-state index in [1.165, 1.54) is 57.7 Å². The Balaban J connectivity index is 1.84. The molecule has 0 fully saturated rings. The van der Waals surface area contributed by atoms with Gasteiger partial charge in [0.25, 0.3) is 15.9 Å². The summed E-state index contributed by atoms with van der Waals surface area (Å²) in [5, 5.41) is 3.01. The van der Waals surface area contributed by atoms with Crippen molar-refractivity contribution < 1.29 is 27.4 Å². The molecule has 168 valence electrons. The molecule has 0 radical (unpaired) electrons. The number of halogens is 1. The van der Waals surface area contributed by atoms with Gasteiger partial charge in [0.1, 0.15) is 17.2 Å². The molecule has 3 aromatic rings. The fourth-order valence-corrected chi connectivity index (χ4v) is 4.17. The summed E-state index contributed by atoms with van der Waals surface area (Å²) in [5.41, 5.74) is 0.820. The number of nitrogens with one attached hydrogen (secondary N) is 2. The molecular formula is C22H21ClN2O6S. The second-order valence-electron chi connectivity index (χ2n) is 6.50. The van der Waals surface area contributed by atoms with Crippen LogP contribution < -0.4 is 24.2 Å². The normalized spacial score (nSPS) is 10.9. The third-order valence-electron chi connectivity index (χ3n) is 4.47. The van der Waals surface area contributed by atoms with E-state index >= 15 is 0 Å². The lowest BCUT2D eigenvalue weighted by Crippen LogP contribution is -2.16. The molecule has 1 amide bonds. The van der Waals surface area contributed by atoms with E-state index < -0.39 is 15.9 Å². The average Bonchev–Trinajstić information content (AvgIpc) is 2.80. The lowest BCUT2D eigenvalue weighted by atomic mass is 10.2. The smallest absolute Gasteiger partial charge is 0.261 e. The van der Waals surface area contributed by atoms with Gasteiger partial charge < -0.3 is 19.5 Å². The molecule has 8 nitrogen and oxygen atoms in total. The Morgan fingerprint density at radius 2 is 1.56 bits per heavy atom. The second-order valence-corrected chi connectivity index (χ2v) is 8.59. The molecule has 32 heavy (non-hydrogen) atoms. The number of ether oxygens (including phenoxy) is 3. The Morgan fingerprint density at radius 1 is 0.875 bits per heavy atom. The maximum absolute atomic E-state index is 12.8. The molecular weight excluding hydrogens is 456 g/mol. The van der Waals surface area contributed by atoms with Gasteiger partial charge in [-0.25, -0.2) is 8.42 Å². The Bertz CT molecular complexity index is 1230. The lowest BCUT2D eigenvalue weighted by Gasteiger charge is -2.14. The topological polar surface area (TPSA) is 103 Å². The number of sulfonamides is 1. The number of methoxy groups -OCH3 is 3. The first kappa shape index (κ1) is 23.2. The van der Waals surface area contributed by atoms with Crippen LogP contribution in [-0.2, 0) is 10.0 Å². The minimum Gasteiger partial charge on any atom is -0.497 e. The Labute approximate surface area is 191 Å². The molecule has 0 unspecified atom stereocenters. The fourth-order valence-electron chi connectivity index (χ4n) is 2.83.